The molecule has 136 valence electrons. The summed E-state index contributed by atoms with van der Waals surface area (Å²) in [5.74, 6) is 2.11. The number of carbonyl (C=O) groups is 1. The van der Waals surface area contributed by atoms with E-state index in [0.717, 1.165) is 11.5 Å². The van der Waals surface area contributed by atoms with Gasteiger partial charge in [0.2, 0.25) is 5.91 Å². The van der Waals surface area contributed by atoms with Crippen molar-refractivity contribution >= 4 is 11.6 Å². The molecule has 6 heteroatoms. The summed E-state index contributed by atoms with van der Waals surface area (Å²) >= 11 is 0. The second-order valence-corrected chi connectivity index (χ2v) is 5.78. The first-order valence-corrected chi connectivity index (χ1v) is 8.53. The molecule has 0 aliphatic carbocycles. The molecule has 0 fully saturated rings. The van der Waals surface area contributed by atoms with Crippen LogP contribution >= 0.6 is 0 Å². The summed E-state index contributed by atoms with van der Waals surface area (Å²) in [5.41, 5.74) is 0.662. The Morgan fingerprint density at radius 2 is 1.65 bits per heavy atom. The normalized spacial score (nSPS) is 10.8. The predicted octanol–water partition coefficient (Wildman–Crippen LogP) is 3.91. The Bertz CT molecular complexity index is 761. The van der Waals surface area contributed by atoms with E-state index in [4.69, 9.17) is 13.6 Å². The summed E-state index contributed by atoms with van der Waals surface area (Å²) in [5, 5.41) is 2.92. The fourth-order valence-corrected chi connectivity index (χ4v) is 2.66. The monoisotopic (exact) mass is 354 g/mol. The molecule has 1 amide bonds. The van der Waals surface area contributed by atoms with Crippen molar-refractivity contribution in [3.8, 4) is 5.75 Å². The van der Waals surface area contributed by atoms with Gasteiger partial charge in [-0.2, -0.15) is 0 Å². The van der Waals surface area contributed by atoms with Gasteiger partial charge in [-0.25, -0.2) is 0 Å². The van der Waals surface area contributed by atoms with Crippen LogP contribution in [-0.4, -0.2) is 24.0 Å². The molecule has 2 aromatic heterocycles. The van der Waals surface area contributed by atoms with Crippen LogP contribution in [0.2, 0.25) is 0 Å². The lowest BCUT2D eigenvalue weighted by molar-refractivity contribution is -0.117. The molecule has 0 atom stereocenters. The topological polar surface area (TPSA) is 67.8 Å². The molecule has 3 aromatic rings. The maximum absolute atomic E-state index is 12.6. The molecule has 0 saturated carbocycles. The zero-order valence-electron chi connectivity index (χ0n) is 14.7. The van der Waals surface area contributed by atoms with Gasteiger partial charge < -0.3 is 18.9 Å². The fraction of sp³-hybridized carbons (Fsp3) is 0.250. The lowest BCUT2D eigenvalue weighted by atomic mass is 10.3. The molecule has 6 nitrogen and oxygen atoms in total. The highest BCUT2D eigenvalue weighted by atomic mass is 16.5. The minimum atomic E-state index is -0.129. The largest absolute Gasteiger partial charge is 0.492 e. The fourth-order valence-electron chi connectivity index (χ4n) is 2.66. The van der Waals surface area contributed by atoms with Crippen LogP contribution in [0.4, 0.5) is 5.69 Å². The Morgan fingerprint density at radius 1 is 1.00 bits per heavy atom. The summed E-state index contributed by atoms with van der Waals surface area (Å²) in [6, 6.07) is 14.8. The molecule has 0 aliphatic heterocycles. The number of hydrogen-bond acceptors (Lipinski definition) is 5. The lowest BCUT2D eigenvalue weighted by Gasteiger charge is -2.20. The van der Waals surface area contributed by atoms with Crippen molar-refractivity contribution < 1.29 is 18.4 Å². The van der Waals surface area contributed by atoms with E-state index in [-0.39, 0.29) is 12.5 Å². The van der Waals surface area contributed by atoms with E-state index >= 15 is 0 Å². The number of benzene rings is 1. The number of hydrogen-bond donors (Lipinski definition) is 1. The van der Waals surface area contributed by atoms with Crippen LogP contribution in [0.3, 0.4) is 0 Å². The third kappa shape index (κ3) is 5.00. The maximum atomic E-state index is 12.6. The number of furan rings is 2. The van der Waals surface area contributed by atoms with E-state index < -0.39 is 0 Å². The van der Waals surface area contributed by atoms with Crippen LogP contribution in [0.15, 0.2) is 69.9 Å². The van der Waals surface area contributed by atoms with Gasteiger partial charge >= 0.3 is 0 Å². The Labute approximate surface area is 152 Å². The second kappa shape index (κ2) is 8.92. The third-order valence-electron chi connectivity index (χ3n) is 3.75. The van der Waals surface area contributed by atoms with Crippen LogP contribution in [0, 0.1) is 0 Å². The van der Waals surface area contributed by atoms with Crippen molar-refractivity contribution in [1.82, 2.24) is 4.90 Å². The van der Waals surface area contributed by atoms with Crippen LogP contribution in [0.25, 0.3) is 0 Å². The number of amides is 1. The third-order valence-corrected chi connectivity index (χ3v) is 3.75. The zero-order chi connectivity index (χ0) is 18.2. The van der Waals surface area contributed by atoms with E-state index in [1.54, 1.807) is 12.5 Å². The van der Waals surface area contributed by atoms with E-state index in [1.165, 1.54) is 0 Å². The standard InChI is InChI=1S/C20H22N2O4/c1-2-24-19-10-4-3-9-18(19)21-20(23)15-22(13-16-7-5-11-25-16)14-17-8-6-12-26-17/h3-12H,2,13-15H2,1H3,(H,21,23). The molecular formula is C20H22N2O4. The first kappa shape index (κ1) is 17.8. The summed E-state index contributed by atoms with van der Waals surface area (Å²) in [6.45, 7) is 3.66. The van der Waals surface area contributed by atoms with Gasteiger partial charge in [0.25, 0.3) is 0 Å². The molecule has 1 aromatic carbocycles. The van der Waals surface area contributed by atoms with Gasteiger partial charge in [0.1, 0.15) is 17.3 Å². The molecule has 26 heavy (non-hydrogen) atoms. The number of carbonyl (C=O) groups excluding carboxylic acids is 1. The van der Waals surface area contributed by atoms with Crippen molar-refractivity contribution in [2.24, 2.45) is 0 Å². The number of para-hydroxylation sites is 2. The van der Waals surface area contributed by atoms with E-state index in [0.29, 0.717) is 31.1 Å². The van der Waals surface area contributed by atoms with Crippen molar-refractivity contribution in [3.63, 3.8) is 0 Å². The van der Waals surface area contributed by atoms with Crippen LogP contribution < -0.4 is 10.1 Å². The van der Waals surface area contributed by atoms with Gasteiger partial charge in [-0.3, -0.25) is 9.69 Å². The number of anilines is 1. The number of ether oxygens (including phenoxy) is 1. The first-order valence-electron chi connectivity index (χ1n) is 8.53. The van der Waals surface area contributed by atoms with Gasteiger partial charge in [-0.15, -0.1) is 0 Å². The van der Waals surface area contributed by atoms with Crippen molar-refractivity contribution in [2.45, 2.75) is 20.0 Å². The second-order valence-electron chi connectivity index (χ2n) is 5.78. The highest BCUT2D eigenvalue weighted by Crippen LogP contribution is 2.23. The highest BCUT2D eigenvalue weighted by molar-refractivity contribution is 5.93. The molecule has 0 radical (unpaired) electrons. The van der Waals surface area contributed by atoms with Crippen LogP contribution in [-0.2, 0) is 17.9 Å². The summed E-state index contributed by atoms with van der Waals surface area (Å²) in [7, 11) is 0. The molecular weight excluding hydrogens is 332 g/mol. The van der Waals surface area contributed by atoms with Crippen LogP contribution in [0.5, 0.6) is 5.75 Å². The molecule has 0 aliphatic rings. The van der Waals surface area contributed by atoms with Crippen molar-refractivity contribution in [2.75, 3.05) is 18.5 Å². The van der Waals surface area contributed by atoms with Crippen LogP contribution in [0.1, 0.15) is 18.4 Å². The highest BCUT2D eigenvalue weighted by Gasteiger charge is 2.16. The Kier molecular flexibility index (Phi) is 6.11. The molecule has 1 N–H and O–H groups in total. The minimum Gasteiger partial charge on any atom is -0.492 e. The predicted molar refractivity (Wildman–Crippen MR) is 97.8 cm³/mol. The Morgan fingerprint density at radius 3 is 2.23 bits per heavy atom. The van der Waals surface area contributed by atoms with Crippen molar-refractivity contribution in [3.05, 3.63) is 72.6 Å². The van der Waals surface area contributed by atoms with Gasteiger partial charge in [0.15, 0.2) is 0 Å². The minimum absolute atomic E-state index is 0.129. The van der Waals surface area contributed by atoms with E-state index in [1.807, 2.05) is 60.4 Å². The van der Waals surface area contributed by atoms with E-state index in [9.17, 15) is 4.79 Å². The van der Waals surface area contributed by atoms with Gasteiger partial charge in [0, 0.05) is 0 Å². The number of nitrogens with zero attached hydrogens (tertiary/aromatic N) is 1. The maximum Gasteiger partial charge on any atom is 0.238 e. The smallest absolute Gasteiger partial charge is 0.238 e. The Balaban J connectivity index is 1.66. The van der Waals surface area contributed by atoms with Gasteiger partial charge in [-0.1, -0.05) is 12.1 Å². The quantitative estimate of drug-likeness (QED) is 0.631. The summed E-state index contributed by atoms with van der Waals surface area (Å²) < 4.78 is 16.4. The summed E-state index contributed by atoms with van der Waals surface area (Å²) in [4.78, 5) is 14.5. The van der Waals surface area contributed by atoms with Gasteiger partial charge in [0.05, 0.1) is 44.5 Å². The zero-order valence-corrected chi connectivity index (χ0v) is 14.7. The molecule has 0 saturated heterocycles. The Hall–Kier alpha value is -2.99. The van der Waals surface area contributed by atoms with E-state index in [2.05, 4.69) is 5.32 Å². The lowest BCUT2D eigenvalue weighted by Crippen LogP contribution is -2.32. The SMILES string of the molecule is CCOc1ccccc1NC(=O)CN(Cc1ccco1)Cc1ccco1. The first-order chi connectivity index (χ1) is 12.7. The average Bonchev–Trinajstić information content (AvgIpc) is 3.31. The van der Waals surface area contributed by atoms with Gasteiger partial charge in [-0.05, 0) is 43.3 Å². The molecule has 3 rings (SSSR count). The number of rotatable bonds is 9. The molecule has 0 bridgehead atoms. The van der Waals surface area contributed by atoms with Crippen molar-refractivity contribution in [1.29, 1.82) is 0 Å². The summed E-state index contributed by atoms with van der Waals surface area (Å²) in [6.07, 6.45) is 3.25. The number of nitrogens with one attached hydrogen (secondary N) is 1. The molecule has 0 spiro atoms. The molecule has 2 heterocycles. The average molecular weight is 354 g/mol. The molecule has 0 unspecified atom stereocenters.